The van der Waals surface area contributed by atoms with E-state index in [1.807, 2.05) is 30.3 Å². The summed E-state index contributed by atoms with van der Waals surface area (Å²) in [6.45, 7) is 0.780. The van der Waals surface area contributed by atoms with Gasteiger partial charge in [-0.3, -0.25) is 4.79 Å². The van der Waals surface area contributed by atoms with Crippen molar-refractivity contribution in [1.29, 1.82) is 0 Å². The molecule has 76 valence electrons. The minimum absolute atomic E-state index is 0.168. The van der Waals surface area contributed by atoms with Gasteiger partial charge >= 0.3 is 0 Å². The van der Waals surface area contributed by atoms with E-state index in [2.05, 4.69) is 5.92 Å². The summed E-state index contributed by atoms with van der Waals surface area (Å²) < 4.78 is 0. The normalized spacial score (nSPS) is 17.5. The van der Waals surface area contributed by atoms with E-state index in [9.17, 15) is 4.79 Å². The van der Waals surface area contributed by atoms with Crippen LogP contribution in [-0.4, -0.2) is 17.4 Å². The smallest absolute Gasteiger partial charge is 0.223 e. The second-order valence-electron chi connectivity index (χ2n) is 3.67. The SMILES string of the molecule is C#CC(c1ccccc1)N1CCCC1=O. The first kappa shape index (κ1) is 9.79. The van der Waals surface area contributed by atoms with Crippen molar-refractivity contribution in [3.05, 3.63) is 35.9 Å². The number of hydrogen-bond donors (Lipinski definition) is 0. The molecule has 1 heterocycles. The summed E-state index contributed by atoms with van der Waals surface area (Å²) in [5.74, 6) is 2.86. The molecule has 2 rings (SSSR count). The molecule has 0 bridgehead atoms. The molecule has 1 aliphatic heterocycles. The number of rotatable bonds is 2. The summed E-state index contributed by atoms with van der Waals surface area (Å²) in [4.78, 5) is 13.4. The van der Waals surface area contributed by atoms with Gasteiger partial charge in [0, 0.05) is 13.0 Å². The lowest BCUT2D eigenvalue weighted by Gasteiger charge is -2.23. The number of carbonyl (C=O) groups excluding carboxylic acids is 1. The average molecular weight is 199 g/mol. The second kappa shape index (κ2) is 4.18. The maximum absolute atomic E-state index is 11.6. The van der Waals surface area contributed by atoms with Crippen molar-refractivity contribution in [2.24, 2.45) is 0 Å². The second-order valence-corrected chi connectivity index (χ2v) is 3.67. The Morgan fingerprint density at radius 2 is 2.07 bits per heavy atom. The Morgan fingerprint density at radius 3 is 2.60 bits per heavy atom. The Balaban J connectivity index is 2.26. The molecule has 1 aliphatic rings. The van der Waals surface area contributed by atoms with E-state index < -0.39 is 0 Å². The van der Waals surface area contributed by atoms with Gasteiger partial charge in [0.15, 0.2) is 0 Å². The van der Waals surface area contributed by atoms with E-state index in [1.165, 1.54) is 0 Å². The third kappa shape index (κ3) is 1.87. The molecule has 1 amide bonds. The number of likely N-dealkylation sites (tertiary alicyclic amines) is 1. The van der Waals surface area contributed by atoms with E-state index in [-0.39, 0.29) is 11.9 Å². The molecule has 1 atom stereocenters. The minimum Gasteiger partial charge on any atom is -0.325 e. The van der Waals surface area contributed by atoms with E-state index in [1.54, 1.807) is 4.90 Å². The fraction of sp³-hybridized carbons (Fsp3) is 0.308. The Labute approximate surface area is 89.9 Å². The first-order valence-electron chi connectivity index (χ1n) is 5.13. The van der Waals surface area contributed by atoms with Crippen molar-refractivity contribution in [3.8, 4) is 12.3 Å². The van der Waals surface area contributed by atoms with Crippen LogP contribution >= 0.6 is 0 Å². The molecular formula is C13H13NO. The molecule has 0 spiro atoms. The molecule has 2 heteroatoms. The summed E-state index contributed by atoms with van der Waals surface area (Å²) in [7, 11) is 0. The largest absolute Gasteiger partial charge is 0.325 e. The number of amides is 1. The van der Waals surface area contributed by atoms with Crippen LogP contribution < -0.4 is 0 Å². The molecule has 0 aromatic heterocycles. The van der Waals surface area contributed by atoms with E-state index >= 15 is 0 Å². The molecule has 1 fully saturated rings. The van der Waals surface area contributed by atoms with Gasteiger partial charge in [-0.25, -0.2) is 0 Å². The van der Waals surface area contributed by atoms with Gasteiger partial charge in [0.2, 0.25) is 5.91 Å². The lowest BCUT2D eigenvalue weighted by atomic mass is 10.1. The Kier molecular flexibility index (Phi) is 2.73. The highest BCUT2D eigenvalue weighted by Crippen LogP contribution is 2.24. The van der Waals surface area contributed by atoms with Crippen LogP contribution in [0.4, 0.5) is 0 Å². The maximum Gasteiger partial charge on any atom is 0.223 e. The van der Waals surface area contributed by atoms with Gasteiger partial charge in [0.25, 0.3) is 0 Å². The molecule has 1 aromatic rings. The summed E-state index contributed by atoms with van der Waals surface area (Å²) in [6, 6.07) is 9.58. The maximum atomic E-state index is 11.6. The fourth-order valence-electron chi connectivity index (χ4n) is 1.94. The minimum atomic E-state index is -0.193. The Bertz CT molecular complexity index is 391. The molecule has 1 saturated heterocycles. The fourth-order valence-corrected chi connectivity index (χ4v) is 1.94. The monoisotopic (exact) mass is 199 g/mol. The van der Waals surface area contributed by atoms with Gasteiger partial charge in [-0.1, -0.05) is 36.3 Å². The third-order valence-electron chi connectivity index (χ3n) is 2.69. The molecule has 1 unspecified atom stereocenters. The number of nitrogens with zero attached hydrogens (tertiary/aromatic N) is 1. The van der Waals surface area contributed by atoms with E-state index in [0.29, 0.717) is 6.42 Å². The van der Waals surface area contributed by atoms with Crippen molar-refractivity contribution in [2.45, 2.75) is 18.9 Å². The number of hydrogen-bond acceptors (Lipinski definition) is 1. The van der Waals surface area contributed by atoms with Crippen LogP contribution in [0.5, 0.6) is 0 Å². The average Bonchev–Trinajstić information content (AvgIpc) is 2.68. The first-order valence-corrected chi connectivity index (χ1v) is 5.13. The van der Waals surface area contributed by atoms with Crippen LogP contribution in [0, 0.1) is 12.3 Å². The molecule has 1 aromatic carbocycles. The van der Waals surface area contributed by atoms with Gasteiger partial charge < -0.3 is 4.90 Å². The van der Waals surface area contributed by atoms with Gasteiger partial charge in [-0.2, -0.15) is 0 Å². The highest BCUT2D eigenvalue weighted by molar-refractivity contribution is 5.79. The van der Waals surface area contributed by atoms with Crippen molar-refractivity contribution >= 4 is 5.91 Å². The van der Waals surface area contributed by atoms with Crippen LogP contribution in [0.2, 0.25) is 0 Å². The zero-order chi connectivity index (χ0) is 10.7. The van der Waals surface area contributed by atoms with Crippen LogP contribution in [0.15, 0.2) is 30.3 Å². The standard InChI is InChI=1S/C13H13NO/c1-2-12(11-7-4-3-5-8-11)14-10-6-9-13(14)15/h1,3-5,7-8,12H,6,9-10H2. The Morgan fingerprint density at radius 1 is 1.33 bits per heavy atom. The van der Waals surface area contributed by atoms with Crippen molar-refractivity contribution in [1.82, 2.24) is 4.90 Å². The van der Waals surface area contributed by atoms with Crippen LogP contribution in [-0.2, 0) is 4.79 Å². The van der Waals surface area contributed by atoms with Crippen molar-refractivity contribution in [2.75, 3.05) is 6.54 Å². The number of carbonyl (C=O) groups is 1. The molecule has 0 N–H and O–H groups in total. The predicted octanol–water partition coefficient (Wildman–Crippen LogP) is 1.98. The number of terminal acetylenes is 1. The molecule has 0 saturated carbocycles. The zero-order valence-corrected chi connectivity index (χ0v) is 8.52. The van der Waals surface area contributed by atoms with E-state index in [4.69, 9.17) is 6.42 Å². The topological polar surface area (TPSA) is 20.3 Å². The molecule has 0 radical (unpaired) electrons. The third-order valence-corrected chi connectivity index (χ3v) is 2.69. The summed E-state index contributed by atoms with van der Waals surface area (Å²) >= 11 is 0. The van der Waals surface area contributed by atoms with Gasteiger partial charge in [-0.05, 0) is 12.0 Å². The van der Waals surface area contributed by atoms with Crippen LogP contribution in [0.3, 0.4) is 0 Å². The molecule has 2 nitrogen and oxygen atoms in total. The van der Waals surface area contributed by atoms with Gasteiger partial charge in [0.1, 0.15) is 6.04 Å². The predicted molar refractivity (Wildman–Crippen MR) is 59.0 cm³/mol. The lowest BCUT2D eigenvalue weighted by Crippen LogP contribution is -2.28. The van der Waals surface area contributed by atoms with Gasteiger partial charge in [0.05, 0.1) is 0 Å². The van der Waals surface area contributed by atoms with Crippen molar-refractivity contribution in [3.63, 3.8) is 0 Å². The summed E-state index contributed by atoms with van der Waals surface area (Å²) in [6.07, 6.45) is 7.05. The zero-order valence-electron chi connectivity index (χ0n) is 8.52. The molecule has 15 heavy (non-hydrogen) atoms. The Hall–Kier alpha value is -1.75. The van der Waals surface area contributed by atoms with Crippen LogP contribution in [0.1, 0.15) is 24.4 Å². The molecular weight excluding hydrogens is 186 g/mol. The van der Waals surface area contributed by atoms with Crippen LogP contribution in [0.25, 0.3) is 0 Å². The first-order chi connectivity index (χ1) is 7.33. The van der Waals surface area contributed by atoms with E-state index in [0.717, 1.165) is 18.5 Å². The summed E-state index contributed by atoms with van der Waals surface area (Å²) in [5.41, 5.74) is 1.02. The van der Waals surface area contributed by atoms with Gasteiger partial charge in [-0.15, -0.1) is 6.42 Å². The summed E-state index contributed by atoms with van der Waals surface area (Å²) in [5, 5.41) is 0. The molecule has 0 aliphatic carbocycles. The highest BCUT2D eigenvalue weighted by Gasteiger charge is 2.27. The quantitative estimate of drug-likeness (QED) is 0.667. The lowest BCUT2D eigenvalue weighted by molar-refractivity contribution is -0.128. The highest BCUT2D eigenvalue weighted by atomic mass is 16.2. The van der Waals surface area contributed by atoms with Crippen molar-refractivity contribution < 1.29 is 4.79 Å². The number of benzene rings is 1.